The lowest BCUT2D eigenvalue weighted by Gasteiger charge is -2.08. The van der Waals surface area contributed by atoms with E-state index >= 15 is 0 Å². The number of aliphatic carboxylic acids is 1. The fraction of sp³-hybridized carbons (Fsp3) is 0.0556. The number of benzene rings is 2. The number of halogens is 1. The van der Waals surface area contributed by atoms with E-state index in [1.165, 1.54) is 6.07 Å². The zero-order valence-corrected chi connectivity index (χ0v) is 13.9. The predicted molar refractivity (Wildman–Crippen MR) is 94.6 cm³/mol. The summed E-state index contributed by atoms with van der Waals surface area (Å²) in [5.74, 6) is -2.88. The van der Waals surface area contributed by atoms with Crippen molar-refractivity contribution < 1.29 is 24.2 Å². The maximum absolute atomic E-state index is 12.1. The zero-order valence-electron chi connectivity index (χ0n) is 13.2. The van der Waals surface area contributed by atoms with Gasteiger partial charge in [-0.1, -0.05) is 29.8 Å². The molecule has 3 rings (SSSR count). The number of carbonyl (C=O) groups is 2. The largest absolute Gasteiger partial charge is 0.506 e. The van der Waals surface area contributed by atoms with Gasteiger partial charge >= 0.3 is 11.6 Å². The third-order valence-electron chi connectivity index (χ3n) is 3.69. The minimum Gasteiger partial charge on any atom is -0.506 e. The Bertz CT molecular complexity index is 1070. The van der Waals surface area contributed by atoms with Crippen LogP contribution in [-0.4, -0.2) is 28.6 Å². The predicted octanol–water partition coefficient (Wildman–Crippen LogP) is 2.63. The van der Waals surface area contributed by atoms with Gasteiger partial charge in [-0.15, -0.1) is 0 Å². The molecule has 0 spiro atoms. The number of fused-ring (bicyclic) bond motifs is 1. The molecule has 0 saturated heterocycles. The normalized spacial score (nSPS) is 10.7. The van der Waals surface area contributed by atoms with Crippen molar-refractivity contribution in [3.8, 4) is 16.9 Å². The zero-order chi connectivity index (χ0) is 18.8. The molecule has 0 saturated carbocycles. The Hall–Kier alpha value is -3.32. The van der Waals surface area contributed by atoms with Gasteiger partial charge in [-0.2, -0.15) is 0 Å². The lowest BCUT2D eigenvalue weighted by Crippen LogP contribution is -2.32. The molecule has 7 nitrogen and oxygen atoms in total. The summed E-state index contributed by atoms with van der Waals surface area (Å²) in [6.07, 6.45) is 0. The number of nitrogens with one attached hydrogen (secondary N) is 1. The number of amides is 1. The van der Waals surface area contributed by atoms with Gasteiger partial charge in [0, 0.05) is 5.02 Å². The maximum atomic E-state index is 12.1. The van der Waals surface area contributed by atoms with Crippen molar-refractivity contribution in [1.29, 1.82) is 0 Å². The second-order valence-corrected chi connectivity index (χ2v) is 5.84. The van der Waals surface area contributed by atoms with E-state index in [1.54, 1.807) is 36.4 Å². The van der Waals surface area contributed by atoms with Crippen molar-refractivity contribution in [2.24, 2.45) is 0 Å². The lowest BCUT2D eigenvalue weighted by atomic mass is 10.0. The first-order valence-electron chi connectivity index (χ1n) is 7.42. The summed E-state index contributed by atoms with van der Waals surface area (Å²) in [6.45, 7) is -0.689. The summed E-state index contributed by atoms with van der Waals surface area (Å²) in [5.41, 5.74) is -0.0691. The van der Waals surface area contributed by atoms with Crippen LogP contribution in [0.3, 0.4) is 0 Å². The van der Waals surface area contributed by atoms with Gasteiger partial charge in [-0.05, 0) is 35.4 Å². The molecule has 0 radical (unpaired) electrons. The van der Waals surface area contributed by atoms with Gasteiger partial charge in [-0.3, -0.25) is 9.59 Å². The maximum Gasteiger partial charge on any atom is 0.353 e. The molecule has 26 heavy (non-hydrogen) atoms. The highest BCUT2D eigenvalue weighted by Crippen LogP contribution is 2.30. The molecule has 0 bridgehead atoms. The molecule has 0 aliphatic carbocycles. The Kier molecular flexibility index (Phi) is 4.64. The first-order valence-corrected chi connectivity index (χ1v) is 7.80. The first kappa shape index (κ1) is 17.5. The van der Waals surface area contributed by atoms with Crippen molar-refractivity contribution in [2.75, 3.05) is 6.54 Å². The quantitative estimate of drug-likeness (QED) is 0.605. The Morgan fingerprint density at radius 3 is 2.38 bits per heavy atom. The van der Waals surface area contributed by atoms with Crippen LogP contribution in [0.4, 0.5) is 0 Å². The van der Waals surface area contributed by atoms with E-state index in [4.69, 9.17) is 21.1 Å². The number of carboxylic acids is 1. The van der Waals surface area contributed by atoms with Crippen LogP contribution >= 0.6 is 11.6 Å². The van der Waals surface area contributed by atoms with E-state index in [9.17, 15) is 19.5 Å². The van der Waals surface area contributed by atoms with Gasteiger partial charge < -0.3 is 19.9 Å². The van der Waals surface area contributed by atoms with E-state index in [1.807, 2.05) is 5.32 Å². The van der Waals surface area contributed by atoms with Crippen molar-refractivity contribution >= 4 is 34.4 Å². The Balaban J connectivity index is 2.06. The smallest absolute Gasteiger partial charge is 0.353 e. The van der Waals surface area contributed by atoms with Crippen LogP contribution in [0.5, 0.6) is 5.75 Å². The molecule has 0 fully saturated rings. The van der Waals surface area contributed by atoms with Gasteiger partial charge in [0.15, 0.2) is 5.56 Å². The van der Waals surface area contributed by atoms with Gasteiger partial charge in [0.25, 0.3) is 5.91 Å². The van der Waals surface area contributed by atoms with Crippen LogP contribution in [0.25, 0.3) is 22.1 Å². The highest BCUT2D eigenvalue weighted by molar-refractivity contribution is 6.30. The Morgan fingerprint density at radius 1 is 1.08 bits per heavy atom. The molecular weight excluding hydrogens is 362 g/mol. The minimum atomic E-state index is -1.28. The van der Waals surface area contributed by atoms with Crippen LogP contribution in [0.2, 0.25) is 5.02 Å². The molecule has 0 aliphatic heterocycles. The van der Waals surface area contributed by atoms with Crippen LogP contribution in [0.15, 0.2) is 51.7 Å². The number of aromatic hydroxyl groups is 1. The van der Waals surface area contributed by atoms with Gasteiger partial charge in [0.2, 0.25) is 0 Å². The van der Waals surface area contributed by atoms with E-state index in [-0.39, 0.29) is 11.0 Å². The summed E-state index contributed by atoms with van der Waals surface area (Å²) in [4.78, 5) is 34.6. The van der Waals surface area contributed by atoms with Crippen molar-refractivity contribution in [1.82, 2.24) is 5.32 Å². The molecule has 0 atom stereocenters. The van der Waals surface area contributed by atoms with E-state index in [2.05, 4.69) is 0 Å². The average Bonchev–Trinajstić information content (AvgIpc) is 2.60. The number of hydrogen-bond donors (Lipinski definition) is 3. The molecular formula is C18H12ClNO6. The number of carbonyl (C=O) groups excluding carboxylic acids is 1. The third-order valence-corrected chi connectivity index (χ3v) is 3.94. The molecule has 3 N–H and O–H groups in total. The number of rotatable bonds is 4. The molecule has 1 aromatic heterocycles. The fourth-order valence-corrected chi connectivity index (χ4v) is 2.58. The highest BCUT2D eigenvalue weighted by atomic mass is 35.5. The Morgan fingerprint density at radius 2 is 1.73 bits per heavy atom. The molecule has 0 aliphatic rings. The van der Waals surface area contributed by atoms with Gasteiger partial charge in [-0.25, -0.2) is 4.79 Å². The topological polar surface area (TPSA) is 117 Å². The molecule has 2 aromatic carbocycles. The summed E-state index contributed by atoms with van der Waals surface area (Å²) >= 11 is 5.86. The SMILES string of the molecule is O=C(O)CNC(=O)c1c(O)c2ccc(-c3ccc(Cl)cc3)cc2oc1=O. The second kappa shape index (κ2) is 6.89. The number of carboxylic acid groups (broad SMARTS) is 1. The van der Waals surface area contributed by atoms with Crippen LogP contribution in [-0.2, 0) is 4.79 Å². The summed E-state index contributed by atoms with van der Waals surface area (Å²) < 4.78 is 5.14. The first-order chi connectivity index (χ1) is 12.4. The molecule has 0 unspecified atom stereocenters. The average molecular weight is 374 g/mol. The van der Waals surface area contributed by atoms with E-state index < -0.39 is 35.4 Å². The van der Waals surface area contributed by atoms with Gasteiger partial charge in [0.05, 0.1) is 5.39 Å². The van der Waals surface area contributed by atoms with Crippen LogP contribution < -0.4 is 10.9 Å². The molecule has 1 amide bonds. The molecule has 3 aromatic rings. The van der Waals surface area contributed by atoms with Crippen LogP contribution in [0, 0.1) is 0 Å². The minimum absolute atomic E-state index is 0.0923. The molecule has 8 heteroatoms. The van der Waals surface area contributed by atoms with Crippen molar-refractivity contribution in [3.05, 3.63) is 63.5 Å². The van der Waals surface area contributed by atoms with E-state index in [0.717, 1.165) is 11.1 Å². The second-order valence-electron chi connectivity index (χ2n) is 5.41. The molecule has 1 heterocycles. The van der Waals surface area contributed by atoms with Gasteiger partial charge in [0.1, 0.15) is 17.9 Å². The van der Waals surface area contributed by atoms with Crippen molar-refractivity contribution in [2.45, 2.75) is 0 Å². The van der Waals surface area contributed by atoms with E-state index in [0.29, 0.717) is 5.02 Å². The fourth-order valence-electron chi connectivity index (χ4n) is 2.45. The number of hydrogen-bond acceptors (Lipinski definition) is 5. The molecule has 132 valence electrons. The highest BCUT2D eigenvalue weighted by Gasteiger charge is 2.21. The van der Waals surface area contributed by atoms with Crippen LogP contribution in [0.1, 0.15) is 10.4 Å². The summed E-state index contributed by atoms with van der Waals surface area (Å²) in [6, 6.07) is 11.7. The summed E-state index contributed by atoms with van der Waals surface area (Å²) in [5, 5.41) is 21.6. The summed E-state index contributed by atoms with van der Waals surface area (Å²) in [7, 11) is 0. The monoisotopic (exact) mass is 373 g/mol. The Labute approximate surface area is 151 Å². The lowest BCUT2D eigenvalue weighted by molar-refractivity contribution is -0.135. The third kappa shape index (κ3) is 3.38. The van der Waals surface area contributed by atoms with Crippen molar-refractivity contribution in [3.63, 3.8) is 0 Å². The standard InChI is InChI=1S/C18H12ClNO6/c19-11-4-1-9(2-5-11)10-3-6-12-13(7-10)26-18(25)15(16(12)23)17(24)20-8-14(21)22/h1-7,23H,8H2,(H,20,24)(H,21,22).